The van der Waals surface area contributed by atoms with Gasteiger partial charge >= 0.3 is 5.97 Å². The SMILES string of the molecule is O=C(OCc1ccccc1)[C@@H](Cc1c[nH]c2ccccc12)NS(=O)(=O)c1ccccc1. The second kappa shape index (κ2) is 9.16. The Morgan fingerprint density at radius 1 is 0.903 bits per heavy atom. The molecule has 0 radical (unpaired) electrons. The molecular formula is C24H22N2O4S. The molecule has 0 unspecified atom stereocenters. The van der Waals surface area contributed by atoms with Gasteiger partial charge in [0.2, 0.25) is 10.0 Å². The zero-order chi connectivity index (χ0) is 21.7. The van der Waals surface area contributed by atoms with Gasteiger partial charge in [0.05, 0.1) is 4.90 Å². The molecule has 6 nitrogen and oxygen atoms in total. The van der Waals surface area contributed by atoms with Gasteiger partial charge < -0.3 is 9.72 Å². The number of nitrogens with one attached hydrogen (secondary N) is 2. The first kappa shape index (κ1) is 20.8. The Morgan fingerprint density at radius 2 is 1.55 bits per heavy atom. The summed E-state index contributed by atoms with van der Waals surface area (Å²) in [7, 11) is -3.90. The molecule has 0 saturated heterocycles. The van der Waals surface area contributed by atoms with E-state index in [9.17, 15) is 13.2 Å². The fourth-order valence-electron chi connectivity index (χ4n) is 3.38. The number of H-pyrrole nitrogens is 1. The second-order valence-electron chi connectivity index (χ2n) is 7.14. The molecular weight excluding hydrogens is 412 g/mol. The summed E-state index contributed by atoms with van der Waals surface area (Å²) in [5.41, 5.74) is 2.57. The lowest BCUT2D eigenvalue weighted by molar-refractivity contribution is -0.147. The van der Waals surface area contributed by atoms with Crippen molar-refractivity contribution in [3.05, 3.63) is 102 Å². The quantitative estimate of drug-likeness (QED) is 0.413. The molecule has 0 aliphatic rings. The van der Waals surface area contributed by atoms with Crippen LogP contribution in [0.4, 0.5) is 0 Å². The number of carbonyl (C=O) groups excluding carboxylic acids is 1. The highest BCUT2D eigenvalue weighted by Crippen LogP contribution is 2.20. The van der Waals surface area contributed by atoms with Crippen molar-refractivity contribution < 1.29 is 17.9 Å². The van der Waals surface area contributed by atoms with Crippen molar-refractivity contribution in [2.75, 3.05) is 0 Å². The van der Waals surface area contributed by atoms with Crippen molar-refractivity contribution >= 4 is 26.9 Å². The number of hydrogen-bond acceptors (Lipinski definition) is 4. The molecule has 1 aromatic heterocycles. The third kappa shape index (κ3) is 5.02. The standard InChI is InChI=1S/C24H22N2O4S/c27-24(30-17-18-9-3-1-4-10-18)23(26-31(28,29)20-11-5-2-6-12-20)15-19-16-25-22-14-8-7-13-21(19)22/h1-14,16,23,25-26H,15,17H2/t23-/m1/s1. The van der Waals surface area contributed by atoms with E-state index in [4.69, 9.17) is 4.74 Å². The summed E-state index contributed by atoms with van der Waals surface area (Å²) in [6, 6.07) is 23.8. The number of para-hydroxylation sites is 1. The topological polar surface area (TPSA) is 88.3 Å². The van der Waals surface area contributed by atoms with E-state index in [0.29, 0.717) is 0 Å². The molecule has 31 heavy (non-hydrogen) atoms. The normalized spacial score (nSPS) is 12.5. The highest BCUT2D eigenvalue weighted by Gasteiger charge is 2.28. The highest BCUT2D eigenvalue weighted by molar-refractivity contribution is 7.89. The molecule has 4 aromatic rings. The van der Waals surface area contributed by atoms with E-state index < -0.39 is 22.0 Å². The molecule has 158 valence electrons. The number of hydrogen-bond donors (Lipinski definition) is 2. The molecule has 0 spiro atoms. The van der Waals surface area contributed by atoms with Crippen molar-refractivity contribution in [3.8, 4) is 0 Å². The van der Waals surface area contributed by atoms with Crippen LogP contribution in [-0.4, -0.2) is 25.4 Å². The first-order chi connectivity index (χ1) is 15.0. The van der Waals surface area contributed by atoms with Crippen molar-refractivity contribution in [3.63, 3.8) is 0 Å². The average molecular weight is 435 g/mol. The van der Waals surface area contributed by atoms with E-state index in [1.165, 1.54) is 12.1 Å². The van der Waals surface area contributed by atoms with Gasteiger partial charge in [0, 0.05) is 23.5 Å². The van der Waals surface area contributed by atoms with Gasteiger partial charge in [-0.25, -0.2) is 8.42 Å². The highest BCUT2D eigenvalue weighted by atomic mass is 32.2. The number of benzene rings is 3. The van der Waals surface area contributed by atoms with E-state index in [1.807, 2.05) is 54.6 Å². The maximum absolute atomic E-state index is 12.9. The average Bonchev–Trinajstić information content (AvgIpc) is 3.21. The Balaban J connectivity index is 1.59. The van der Waals surface area contributed by atoms with Gasteiger partial charge in [-0.3, -0.25) is 4.79 Å². The lowest BCUT2D eigenvalue weighted by Gasteiger charge is -2.18. The zero-order valence-corrected chi connectivity index (χ0v) is 17.5. The first-order valence-electron chi connectivity index (χ1n) is 9.86. The third-order valence-corrected chi connectivity index (χ3v) is 6.45. The largest absolute Gasteiger partial charge is 0.460 e. The Kier molecular flexibility index (Phi) is 6.16. The summed E-state index contributed by atoms with van der Waals surface area (Å²) < 4.78 is 33.8. The summed E-state index contributed by atoms with van der Waals surface area (Å²) >= 11 is 0. The molecule has 7 heteroatoms. The van der Waals surface area contributed by atoms with Crippen LogP contribution in [0.25, 0.3) is 10.9 Å². The fourth-order valence-corrected chi connectivity index (χ4v) is 4.58. The second-order valence-corrected chi connectivity index (χ2v) is 8.86. The maximum Gasteiger partial charge on any atom is 0.324 e. The van der Waals surface area contributed by atoms with Gasteiger partial charge in [0.1, 0.15) is 12.6 Å². The summed E-state index contributed by atoms with van der Waals surface area (Å²) in [4.78, 5) is 16.2. The molecule has 0 aliphatic heterocycles. The summed E-state index contributed by atoms with van der Waals surface area (Å²) in [5.74, 6) is -0.631. The zero-order valence-electron chi connectivity index (χ0n) is 16.7. The molecule has 0 saturated carbocycles. The first-order valence-corrected chi connectivity index (χ1v) is 11.3. The third-order valence-electron chi connectivity index (χ3n) is 4.96. The lowest BCUT2D eigenvalue weighted by atomic mass is 10.1. The molecule has 1 heterocycles. The van der Waals surface area contributed by atoms with Crippen molar-refractivity contribution in [1.82, 2.24) is 9.71 Å². The van der Waals surface area contributed by atoms with E-state index in [0.717, 1.165) is 22.0 Å². The van der Waals surface area contributed by atoms with Crippen molar-refractivity contribution in [2.45, 2.75) is 24.0 Å². The molecule has 0 fully saturated rings. The molecule has 0 amide bonds. The van der Waals surface area contributed by atoms with Crippen LogP contribution in [0.2, 0.25) is 0 Å². The van der Waals surface area contributed by atoms with E-state index in [2.05, 4.69) is 9.71 Å². The predicted octanol–water partition coefficient (Wildman–Crippen LogP) is 3.80. The van der Waals surface area contributed by atoms with Crippen LogP contribution in [0.5, 0.6) is 0 Å². The van der Waals surface area contributed by atoms with Gasteiger partial charge in [0.25, 0.3) is 0 Å². The van der Waals surface area contributed by atoms with Gasteiger partial charge in [-0.15, -0.1) is 0 Å². The van der Waals surface area contributed by atoms with Crippen molar-refractivity contribution in [1.29, 1.82) is 0 Å². The maximum atomic E-state index is 12.9. The van der Waals surface area contributed by atoms with Crippen LogP contribution in [-0.2, 0) is 32.6 Å². The number of sulfonamides is 1. The van der Waals surface area contributed by atoms with Crippen LogP contribution < -0.4 is 4.72 Å². The summed E-state index contributed by atoms with van der Waals surface area (Å²) in [6.07, 6.45) is 1.95. The molecule has 0 aliphatic carbocycles. The number of esters is 1. The Hall–Kier alpha value is -3.42. The Morgan fingerprint density at radius 3 is 2.29 bits per heavy atom. The number of aromatic amines is 1. The van der Waals surface area contributed by atoms with Gasteiger partial charge in [-0.05, 0) is 29.3 Å². The van der Waals surface area contributed by atoms with Crippen molar-refractivity contribution in [2.24, 2.45) is 0 Å². The number of aromatic nitrogens is 1. The summed E-state index contributed by atoms with van der Waals surface area (Å²) in [5, 5.41) is 0.933. The van der Waals surface area contributed by atoms with Gasteiger partial charge in [-0.2, -0.15) is 4.72 Å². The molecule has 4 rings (SSSR count). The molecule has 1 atom stereocenters. The summed E-state index contributed by atoms with van der Waals surface area (Å²) in [6.45, 7) is 0.0666. The minimum Gasteiger partial charge on any atom is -0.460 e. The predicted molar refractivity (Wildman–Crippen MR) is 119 cm³/mol. The smallest absolute Gasteiger partial charge is 0.324 e. The lowest BCUT2D eigenvalue weighted by Crippen LogP contribution is -2.43. The van der Waals surface area contributed by atoms with Crippen LogP contribution in [0.1, 0.15) is 11.1 Å². The van der Waals surface area contributed by atoms with E-state index in [-0.39, 0.29) is 17.9 Å². The number of rotatable bonds is 8. The fraction of sp³-hybridized carbons (Fsp3) is 0.125. The monoisotopic (exact) mass is 434 g/mol. The van der Waals surface area contributed by atoms with Gasteiger partial charge in [0.15, 0.2) is 0 Å². The van der Waals surface area contributed by atoms with Crippen LogP contribution in [0.15, 0.2) is 96.0 Å². The number of ether oxygens (including phenoxy) is 1. The van der Waals surface area contributed by atoms with Crippen LogP contribution in [0.3, 0.4) is 0 Å². The van der Waals surface area contributed by atoms with Crippen LogP contribution in [0, 0.1) is 0 Å². The number of carbonyl (C=O) groups is 1. The van der Waals surface area contributed by atoms with Crippen LogP contribution >= 0.6 is 0 Å². The Bertz CT molecular complexity index is 1270. The molecule has 2 N–H and O–H groups in total. The molecule has 3 aromatic carbocycles. The minimum atomic E-state index is -3.90. The minimum absolute atomic E-state index is 0.0666. The molecule has 0 bridgehead atoms. The Labute approximate surface area is 180 Å². The number of fused-ring (bicyclic) bond motifs is 1. The van der Waals surface area contributed by atoms with E-state index >= 15 is 0 Å². The van der Waals surface area contributed by atoms with E-state index in [1.54, 1.807) is 24.4 Å². The van der Waals surface area contributed by atoms with Gasteiger partial charge in [-0.1, -0.05) is 66.7 Å².